The Morgan fingerprint density at radius 2 is 2.10 bits per heavy atom. The Balaban J connectivity index is 2.09. The summed E-state index contributed by atoms with van der Waals surface area (Å²) in [6.45, 7) is 6.12. The summed E-state index contributed by atoms with van der Waals surface area (Å²) in [5.41, 5.74) is 0.501. The zero-order valence-electron chi connectivity index (χ0n) is 13.3. The second-order valence-electron chi connectivity index (χ2n) is 6.12. The number of benzene rings is 1. The van der Waals surface area contributed by atoms with Crippen molar-refractivity contribution >= 4 is 5.97 Å². The van der Waals surface area contributed by atoms with Gasteiger partial charge in [0.1, 0.15) is 17.4 Å². The molecule has 21 heavy (non-hydrogen) atoms. The molecule has 116 valence electrons. The van der Waals surface area contributed by atoms with Crippen molar-refractivity contribution in [1.82, 2.24) is 5.32 Å². The first-order valence-electron chi connectivity index (χ1n) is 7.55. The van der Waals surface area contributed by atoms with Crippen LogP contribution in [0.1, 0.15) is 38.7 Å². The molecule has 1 aliphatic rings. The summed E-state index contributed by atoms with van der Waals surface area (Å²) in [5.74, 6) is 0.708. The summed E-state index contributed by atoms with van der Waals surface area (Å²) >= 11 is 0. The third-order valence-electron chi connectivity index (χ3n) is 4.00. The molecule has 1 fully saturated rings. The van der Waals surface area contributed by atoms with Gasteiger partial charge in [-0.25, -0.2) is 0 Å². The summed E-state index contributed by atoms with van der Waals surface area (Å²) < 4.78 is 11.1. The SMILES string of the molecule is COC(=O)C1(NC(C)C)CCC(Oc2ccccc2C)C1. The second kappa shape index (κ2) is 6.48. The lowest BCUT2D eigenvalue weighted by molar-refractivity contribution is -0.149. The molecule has 0 heterocycles. The van der Waals surface area contributed by atoms with Crippen molar-refractivity contribution in [3.63, 3.8) is 0 Å². The Hall–Kier alpha value is -1.55. The molecular formula is C17H25NO3. The number of ether oxygens (including phenoxy) is 2. The Morgan fingerprint density at radius 3 is 2.71 bits per heavy atom. The molecule has 1 aromatic carbocycles. The number of hydrogen-bond donors (Lipinski definition) is 1. The molecule has 2 unspecified atom stereocenters. The number of hydrogen-bond acceptors (Lipinski definition) is 4. The average molecular weight is 291 g/mol. The fourth-order valence-corrected chi connectivity index (χ4v) is 3.09. The molecule has 1 aromatic rings. The van der Waals surface area contributed by atoms with Crippen LogP contribution in [-0.2, 0) is 9.53 Å². The van der Waals surface area contributed by atoms with E-state index in [1.54, 1.807) is 0 Å². The van der Waals surface area contributed by atoms with Gasteiger partial charge < -0.3 is 9.47 Å². The lowest BCUT2D eigenvalue weighted by Crippen LogP contribution is -2.54. The molecule has 0 spiro atoms. The van der Waals surface area contributed by atoms with Gasteiger partial charge in [-0.05, 0) is 45.2 Å². The number of nitrogens with one attached hydrogen (secondary N) is 1. The molecule has 1 saturated carbocycles. The maximum Gasteiger partial charge on any atom is 0.326 e. The molecule has 2 atom stereocenters. The summed E-state index contributed by atoms with van der Waals surface area (Å²) in [7, 11) is 1.45. The standard InChI is InChI=1S/C17H25NO3/c1-12(2)18-17(16(19)20-4)10-9-14(11-17)21-15-8-6-5-7-13(15)3/h5-8,12,14,18H,9-11H2,1-4H3. The van der Waals surface area contributed by atoms with Gasteiger partial charge in [0.2, 0.25) is 0 Å². The third-order valence-corrected chi connectivity index (χ3v) is 4.00. The zero-order valence-corrected chi connectivity index (χ0v) is 13.3. The molecule has 0 aliphatic heterocycles. The third kappa shape index (κ3) is 3.56. The summed E-state index contributed by atoms with van der Waals surface area (Å²) in [6, 6.07) is 8.20. The molecule has 4 nitrogen and oxygen atoms in total. The van der Waals surface area contributed by atoms with Gasteiger partial charge in [0, 0.05) is 12.5 Å². The minimum atomic E-state index is -0.615. The van der Waals surface area contributed by atoms with Crippen molar-refractivity contribution in [3.05, 3.63) is 29.8 Å². The van der Waals surface area contributed by atoms with Crippen molar-refractivity contribution in [1.29, 1.82) is 0 Å². The Labute approximate surface area is 126 Å². The Bertz CT molecular complexity index is 501. The van der Waals surface area contributed by atoms with Crippen LogP contribution in [0.2, 0.25) is 0 Å². The van der Waals surface area contributed by atoms with Crippen molar-refractivity contribution < 1.29 is 14.3 Å². The minimum absolute atomic E-state index is 0.0384. The van der Waals surface area contributed by atoms with E-state index in [0.717, 1.165) is 24.2 Å². The van der Waals surface area contributed by atoms with Crippen molar-refractivity contribution in [2.24, 2.45) is 0 Å². The first kappa shape index (κ1) is 15.8. The highest BCUT2D eigenvalue weighted by atomic mass is 16.5. The predicted octanol–water partition coefficient (Wildman–Crippen LogP) is 2.84. The Kier molecular flexibility index (Phi) is 4.88. The molecule has 1 aliphatic carbocycles. The normalized spacial score (nSPS) is 25.1. The van der Waals surface area contributed by atoms with Crippen LogP contribution in [-0.4, -0.2) is 30.8 Å². The molecule has 0 bridgehead atoms. The predicted molar refractivity (Wildman–Crippen MR) is 82.5 cm³/mol. The van der Waals surface area contributed by atoms with Crippen molar-refractivity contribution in [2.75, 3.05) is 7.11 Å². The van der Waals surface area contributed by atoms with Gasteiger partial charge in [0.05, 0.1) is 7.11 Å². The lowest BCUT2D eigenvalue weighted by Gasteiger charge is -2.30. The maximum absolute atomic E-state index is 12.2. The van der Waals surface area contributed by atoms with Crippen molar-refractivity contribution in [3.8, 4) is 5.75 Å². The van der Waals surface area contributed by atoms with E-state index in [1.807, 2.05) is 45.0 Å². The zero-order chi connectivity index (χ0) is 15.5. The molecular weight excluding hydrogens is 266 g/mol. The molecule has 4 heteroatoms. The summed E-state index contributed by atoms with van der Waals surface area (Å²) in [5, 5.41) is 3.38. The largest absolute Gasteiger partial charge is 0.490 e. The average Bonchev–Trinajstić information content (AvgIpc) is 2.84. The van der Waals surface area contributed by atoms with Crippen LogP contribution in [0, 0.1) is 6.92 Å². The van der Waals surface area contributed by atoms with Gasteiger partial charge in [0.15, 0.2) is 0 Å². The maximum atomic E-state index is 12.2. The first-order valence-corrected chi connectivity index (χ1v) is 7.55. The number of esters is 1. The monoisotopic (exact) mass is 291 g/mol. The highest BCUT2D eigenvalue weighted by molar-refractivity contribution is 5.81. The smallest absolute Gasteiger partial charge is 0.326 e. The van der Waals surface area contributed by atoms with Crippen LogP contribution in [0.4, 0.5) is 0 Å². The van der Waals surface area contributed by atoms with E-state index >= 15 is 0 Å². The van der Waals surface area contributed by atoms with Crippen LogP contribution >= 0.6 is 0 Å². The van der Waals surface area contributed by atoms with E-state index < -0.39 is 5.54 Å². The molecule has 0 aromatic heterocycles. The molecule has 0 saturated heterocycles. The van der Waals surface area contributed by atoms with Crippen LogP contribution in [0.5, 0.6) is 5.75 Å². The van der Waals surface area contributed by atoms with Gasteiger partial charge in [-0.3, -0.25) is 10.1 Å². The fraction of sp³-hybridized carbons (Fsp3) is 0.588. The molecule has 0 amide bonds. The van der Waals surface area contributed by atoms with Gasteiger partial charge in [-0.15, -0.1) is 0 Å². The van der Waals surface area contributed by atoms with Gasteiger partial charge in [-0.2, -0.15) is 0 Å². The Morgan fingerprint density at radius 1 is 1.38 bits per heavy atom. The number of carbonyl (C=O) groups excluding carboxylic acids is 1. The van der Waals surface area contributed by atoms with E-state index in [4.69, 9.17) is 9.47 Å². The quantitative estimate of drug-likeness (QED) is 0.847. The number of methoxy groups -OCH3 is 1. The molecule has 2 rings (SSSR count). The summed E-state index contributed by atoms with van der Waals surface area (Å²) in [4.78, 5) is 12.2. The van der Waals surface area contributed by atoms with Gasteiger partial charge >= 0.3 is 5.97 Å². The number of aryl methyl sites for hydroxylation is 1. The van der Waals surface area contributed by atoms with E-state index in [2.05, 4.69) is 5.32 Å². The van der Waals surface area contributed by atoms with Gasteiger partial charge in [-0.1, -0.05) is 18.2 Å². The molecule has 1 N–H and O–H groups in total. The topological polar surface area (TPSA) is 47.6 Å². The van der Waals surface area contributed by atoms with Gasteiger partial charge in [0.25, 0.3) is 0 Å². The lowest BCUT2D eigenvalue weighted by atomic mass is 9.96. The van der Waals surface area contributed by atoms with E-state index in [1.165, 1.54) is 7.11 Å². The second-order valence-corrected chi connectivity index (χ2v) is 6.12. The van der Waals surface area contributed by atoms with Crippen molar-refractivity contribution in [2.45, 2.75) is 57.7 Å². The summed E-state index contributed by atoms with van der Waals surface area (Å²) in [6.07, 6.45) is 2.28. The van der Waals surface area contributed by atoms with Crippen LogP contribution in [0.25, 0.3) is 0 Å². The van der Waals surface area contributed by atoms with Crippen LogP contribution < -0.4 is 10.1 Å². The number of carbonyl (C=O) groups is 1. The number of para-hydroxylation sites is 1. The van der Waals surface area contributed by atoms with Crippen LogP contribution in [0.15, 0.2) is 24.3 Å². The fourth-order valence-electron chi connectivity index (χ4n) is 3.09. The van der Waals surface area contributed by atoms with E-state index in [-0.39, 0.29) is 18.1 Å². The molecule has 0 radical (unpaired) electrons. The minimum Gasteiger partial charge on any atom is -0.490 e. The highest BCUT2D eigenvalue weighted by Gasteiger charge is 2.47. The highest BCUT2D eigenvalue weighted by Crippen LogP contribution is 2.35. The van der Waals surface area contributed by atoms with E-state index in [9.17, 15) is 4.79 Å². The van der Waals surface area contributed by atoms with Crippen LogP contribution in [0.3, 0.4) is 0 Å². The first-order chi connectivity index (χ1) is 9.97. The van der Waals surface area contributed by atoms with E-state index in [0.29, 0.717) is 6.42 Å². The number of rotatable bonds is 5.